The average Bonchev–Trinajstić information content (AvgIpc) is 3.18. The monoisotopic (exact) mass is 374 g/mol. The van der Waals surface area contributed by atoms with Crippen molar-refractivity contribution in [1.82, 2.24) is 9.88 Å². The van der Waals surface area contributed by atoms with Crippen LogP contribution in [0.15, 0.2) is 59.7 Å². The largest absolute Gasteiger partial charge is 0.361 e. The zero-order valence-electron chi connectivity index (χ0n) is 15.2. The molecule has 1 aromatic heterocycles. The summed E-state index contributed by atoms with van der Waals surface area (Å²) in [5.74, 6) is -0.981. The minimum absolute atomic E-state index is 0.137. The molecule has 0 unspecified atom stereocenters. The van der Waals surface area contributed by atoms with E-state index in [-0.39, 0.29) is 18.7 Å². The Morgan fingerprint density at radius 2 is 1.96 bits per heavy atom. The van der Waals surface area contributed by atoms with Crippen molar-refractivity contribution in [2.24, 2.45) is 4.99 Å². The van der Waals surface area contributed by atoms with Gasteiger partial charge < -0.3 is 10.3 Å². The van der Waals surface area contributed by atoms with Crippen molar-refractivity contribution in [2.45, 2.75) is 13.3 Å². The van der Waals surface area contributed by atoms with Crippen LogP contribution < -0.4 is 5.32 Å². The van der Waals surface area contributed by atoms with Crippen LogP contribution in [0.4, 0.5) is 10.5 Å². The van der Waals surface area contributed by atoms with Gasteiger partial charge in [-0.25, -0.2) is 9.69 Å². The molecule has 7 nitrogen and oxygen atoms in total. The number of anilines is 1. The minimum Gasteiger partial charge on any atom is -0.361 e. The van der Waals surface area contributed by atoms with Crippen molar-refractivity contribution in [3.8, 4) is 0 Å². The van der Waals surface area contributed by atoms with E-state index >= 15 is 0 Å². The number of aliphatic imine (C=N–C) groups is 1. The predicted octanol–water partition coefficient (Wildman–Crippen LogP) is 3.06. The van der Waals surface area contributed by atoms with Gasteiger partial charge in [-0.2, -0.15) is 4.99 Å². The fraction of sp³-hybridized carbons (Fsp3) is 0.143. The van der Waals surface area contributed by atoms with Crippen molar-refractivity contribution in [1.29, 1.82) is 0 Å². The number of benzene rings is 2. The Labute approximate surface area is 161 Å². The first-order valence-electron chi connectivity index (χ1n) is 8.86. The second-order valence-corrected chi connectivity index (χ2v) is 6.69. The van der Waals surface area contributed by atoms with Crippen LogP contribution in [0.2, 0.25) is 0 Å². The summed E-state index contributed by atoms with van der Waals surface area (Å²) in [6.45, 7) is 1.54. The number of carbonyl (C=O) groups is 3. The number of hydrogen-bond donors (Lipinski definition) is 2. The quantitative estimate of drug-likeness (QED) is 0.718. The third kappa shape index (κ3) is 3.42. The lowest BCUT2D eigenvalue weighted by atomic mass is 10.1. The summed E-state index contributed by atoms with van der Waals surface area (Å²) in [5.41, 5.74) is 3.57. The Morgan fingerprint density at radius 3 is 2.79 bits per heavy atom. The third-order valence-electron chi connectivity index (χ3n) is 4.59. The molecule has 3 aromatic rings. The van der Waals surface area contributed by atoms with Crippen molar-refractivity contribution in [3.05, 3.63) is 65.9 Å². The molecule has 0 atom stereocenters. The second kappa shape index (κ2) is 7.11. The number of carbonyl (C=O) groups excluding carboxylic acids is 3. The summed E-state index contributed by atoms with van der Waals surface area (Å²) in [6.07, 6.45) is 2.03. The molecule has 4 rings (SSSR count). The van der Waals surface area contributed by atoms with Gasteiger partial charge in [0.25, 0.3) is 5.91 Å². The number of aromatic nitrogens is 1. The molecule has 2 heterocycles. The highest BCUT2D eigenvalue weighted by Crippen LogP contribution is 2.20. The fourth-order valence-corrected chi connectivity index (χ4v) is 3.25. The number of rotatable bonds is 5. The average molecular weight is 374 g/mol. The maximum Gasteiger partial charge on any atom is 0.351 e. The highest BCUT2D eigenvalue weighted by atomic mass is 16.2. The molecule has 0 saturated carbocycles. The van der Waals surface area contributed by atoms with Crippen LogP contribution in [0.3, 0.4) is 0 Å². The first-order valence-corrected chi connectivity index (χ1v) is 8.86. The Balaban J connectivity index is 1.44. The first-order chi connectivity index (χ1) is 13.5. The Hall–Kier alpha value is -3.74. The van der Waals surface area contributed by atoms with Crippen LogP contribution in [0.1, 0.15) is 11.1 Å². The number of imide groups is 1. The minimum atomic E-state index is -0.709. The topological polar surface area (TPSA) is 94.6 Å². The fourth-order valence-electron chi connectivity index (χ4n) is 3.25. The van der Waals surface area contributed by atoms with Crippen LogP contribution in [0, 0.1) is 6.92 Å². The van der Waals surface area contributed by atoms with Gasteiger partial charge in [0.1, 0.15) is 12.3 Å². The molecule has 0 fully saturated rings. The Kier molecular flexibility index (Phi) is 4.49. The SMILES string of the molecule is Cc1cccc(NC(=O)CN2C(=O)N=C(Cc3c[nH]c4ccccc34)C2=O)c1. The molecule has 2 aromatic carbocycles. The lowest BCUT2D eigenvalue weighted by molar-refractivity contribution is -0.125. The molecular formula is C21H18N4O3. The van der Waals surface area contributed by atoms with Gasteiger partial charge in [-0.1, -0.05) is 30.3 Å². The molecule has 0 spiro atoms. The van der Waals surface area contributed by atoms with E-state index in [1.54, 1.807) is 12.3 Å². The van der Waals surface area contributed by atoms with Crippen molar-refractivity contribution in [2.75, 3.05) is 11.9 Å². The zero-order valence-corrected chi connectivity index (χ0v) is 15.2. The van der Waals surface area contributed by atoms with Gasteiger partial charge >= 0.3 is 6.03 Å². The summed E-state index contributed by atoms with van der Waals surface area (Å²) in [7, 11) is 0. The van der Waals surface area contributed by atoms with Gasteiger partial charge in [-0.3, -0.25) is 9.59 Å². The summed E-state index contributed by atoms with van der Waals surface area (Å²) < 4.78 is 0. The third-order valence-corrected chi connectivity index (χ3v) is 4.59. The van der Waals surface area contributed by atoms with Crippen LogP contribution in [0.5, 0.6) is 0 Å². The maximum absolute atomic E-state index is 12.6. The number of aromatic amines is 1. The number of nitrogens with one attached hydrogen (secondary N) is 2. The lowest BCUT2D eigenvalue weighted by Gasteiger charge is -2.13. The van der Waals surface area contributed by atoms with E-state index in [0.29, 0.717) is 5.69 Å². The van der Waals surface area contributed by atoms with Crippen LogP contribution in [0.25, 0.3) is 10.9 Å². The first kappa shape index (κ1) is 17.7. The summed E-state index contributed by atoms with van der Waals surface area (Å²) >= 11 is 0. The predicted molar refractivity (Wildman–Crippen MR) is 106 cm³/mol. The van der Waals surface area contributed by atoms with Gasteiger partial charge in [-0.05, 0) is 36.2 Å². The van der Waals surface area contributed by atoms with E-state index in [4.69, 9.17) is 0 Å². The van der Waals surface area contributed by atoms with Gasteiger partial charge in [-0.15, -0.1) is 0 Å². The van der Waals surface area contributed by atoms with E-state index in [0.717, 1.165) is 26.9 Å². The molecule has 0 aliphatic carbocycles. The number of aryl methyl sites for hydroxylation is 1. The molecule has 0 radical (unpaired) electrons. The smallest absolute Gasteiger partial charge is 0.351 e. The lowest BCUT2D eigenvalue weighted by Crippen LogP contribution is -2.39. The normalized spacial score (nSPS) is 13.9. The summed E-state index contributed by atoms with van der Waals surface area (Å²) in [5, 5.41) is 3.67. The van der Waals surface area contributed by atoms with Crippen molar-refractivity contribution in [3.63, 3.8) is 0 Å². The van der Waals surface area contributed by atoms with E-state index in [1.165, 1.54) is 0 Å². The highest BCUT2D eigenvalue weighted by molar-refractivity contribution is 6.47. The molecule has 1 aliphatic rings. The Bertz CT molecular complexity index is 1130. The molecule has 140 valence electrons. The zero-order chi connectivity index (χ0) is 19.7. The number of amides is 4. The Morgan fingerprint density at radius 1 is 1.14 bits per heavy atom. The standard InChI is InChI=1S/C21H18N4O3/c1-13-5-4-6-15(9-13)23-19(26)12-25-20(27)18(24-21(25)28)10-14-11-22-17-8-3-2-7-16(14)17/h2-9,11,22H,10,12H2,1H3,(H,23,26). The summed E-state index contributed by atoms with van der Waals surface area (Å²) in [4.78, 5) is 44.9. The van der Waals surface area contributed by atoms with Crippen LogP contribution in [-0.2, 0) is 16.0 Å². The maximum atomic E-state index is 12.6. The number of H-pyrrole nitrogens is 1. The molecule has 4 amide bonds. The van der Waals surface area contributed by atoms with E-state index in [2.05, 4.69) is 15.3 Å². The number of hydrogen-bond acceptors (Lipinski definition) is 3. The highest BCUT2D eigenvalue weighted by Gasteiger charge is 2.34. The molecule has 1 aliphatic heterocycles. The summed E-state index contributed by atoms with van der Waals surface area (Å²) in [6, 6.07) is 14.3. The molecular weight excluding hydrogens is 356 g/mol. The molecule has 0 saturated heterocycles. The molecule has 7 heteroatoms. The number of urea groups is 1. The second-order valence-electron chi connectivity index (χ2n) is 6.69. The van der Waals surface area contributed by atoms with Crippen molar-refractivity contribution >= 4 is 40.1 Å². The van der Waals surface area contributed by atoms with Crippen LogP contribution in [-0.4, -0.2) is 40.0 Å². The van der Waals surface area contributed by atoms with E-state index in [1.807, 2.05) is 49.4 Å². The molecule has 28 heavy (non-hydrogen) atoms. The number of fused-ring (bicyclic) bond motifs is 1. The van der Waals surface area contributed by atoms with Gasteiger partial charge in [0.15, 0.2) is 0 Å². The van der Waals surface area contributed by atoms with Crippen molar-refractivity contribution < 1.29 is 14.4 Å². The number of para-hydroxylation sites is 1. The molecule has 2 N–H and O–H groups in total. The molecule has 0 bridgehead atoms. The van der Waals surface area contributed by atoms with Gasteiger partial charge in [0.2, 0.25) is 5.91 Å². The van der Waals surface area contributed by atoms with Crippen LogP contribution >= 0.6 is 0 Å². The van der Waals surface area contributed by atoms with E-state index in [9.17, 15) is 14.4 Å². The van der Waals surface area contributed by atoms with Gasteiger partial charge in [0, 0.05) is 29.2 Å². The van der Waals surface area contributed by atoms with Gasteiger partial charge in [0.05, 0.1) is 0 Å². The van der Waals surface area contributed by atoms with E-state index < -0.39 is 17.8 Å². The number of nitrogens with zero attached hydrogens (tertiary/aromatic N) is 2.